The number of benzene rings is 2. The first-order chi connectivity index (χ1) is 12.7. The second-order valence-corrected chi connectivity index (χ2v) is 6.34. The van der Waals surface area contributed by atoms with Crippen LogP contribution < -0.4 is 19.5 Å². The van der Waals surface area contributed by atoms with Crippen LogP contribution in [0.3, 0.4) is 0 Å². The summed E-state index contributed by atoms with van der Waals surface area (Å²) in [5.41, 5.74) is 2.14. The minimum atomic E-state index is -0.180. The number of carbonyl (C=O) groups excluding carboxylic acids is 1. The van der Waals surface area contributed by atoms with E-state index in [0.717, 1.165) is 16.5 Å². The van der Waals surface area contributed by atoms with Crippen LogP contribution in [-0.2, 0) is 11.2 Å². The van der Waals surface area contributed by atoms with Crippen molar-refractivity contribution >= 4 is 28.4 Å². The van der Waals surface area contributed by atoms with Crippen LogP contribution >= 0.6 is 11.6 Å². The van der Waals surface area contributed by atoms with Crippen molar-refractivity contribution in [1.29, 1.82) is 0 Å². The maximum absolute atomic E-state index is 12.0. The molecule has 4 rings (SSSR count). The number of amides is 1. The fourth-order valence-electron chi connectivity index (χ4n) is 2.86. The molecule has 0 saturated carbocycles. The van der Waals surface area contributed by atoms with Gasteiger partial charge in [0.05, 0.1) is 0 Å². The van der Waals surface area contributed by atoms with Gasteiger partial charge in [-0.25, -0.2) is 0 Å². The van der Waals surface area contributed by atoms with E-state index in [4.69, 9.17) is 25.8 Å². The summed E-state index contributed by atoms with van der Waals surface area (Å²) in [4.78, 5) is 15.2. The highest BCUT2D eigenvalue weighted by Gasteiger charge is 2.14. The van der Waals surface area contributed by atoms with E-state index in [0.29, 0.717) is 35.2 Å². The fraction of sp³-hybridized carbons (Fsp3) is 0.211. The summed E-state index contributed by atoms with van der Waals surface area (Å²) in [7, 11) is 0. The van der Waals surface area contributed by atoms with Crippen molar-refractivity contribution in [2.75, 3.05) is 19.9 Å². The van der Waals surface area contributed by atoms with Gasteiger partial charge in [-0.1, -0.05) is 11.6 Å². The molecule has 0 unspecified atom stereocenters. The van der Waals surface area contributed by atoms with Crippen LogP contribution in [0.4, 0.5) is 0 Å². The van der Waals surface area contributed by atoms with Crippen molar-refractivity contribution in [3.63, 3.8) is 0 Å². The maximum Gasteiger partial charge on any atom is 0.257 e. The molecule has 0 saturated heterocycles. The Kier molecular flexibility index (Phi) is 4.58. The van der Waals surface area contributed by atoms with Gasteiger partial charge in [-0.05, 0) is 42.3 Å². The standard InChI is InChI=1S/C19H17ClN2O4/c20-13-1-3-16-15(7-13)12(9-22-16)5-6-21-19(23)10-24-14-2-4-17-18(8-14)26-11-25-17/h1-4,7-9,22H,5-6,10-11H2,(H,21,23). The first-order valence-corrected chi connectivity index (χ1v) is 8.61. The van der Waals surface area contributed by atoms with Gasteiger partial charge in [0, 0.05) is 34.7 Å². The Morgan fingerprint density at radius 2 is 2.08 bits per heavy atom. The highest BCUT2D eigenvalue weighted by atomic mass is 35.5. The van der Waals surface area contributed by atoms with Gasteiger partial charge in [0.15, 0.2) is 18.1 Å². The van der Waals surface area contributed by atoms with Crippen LogP contribution in [-0.4, -0.2) is 30.8 Å². The zero-order valence-electron chi connectivity index (χ0n) is 13.9. The summed E-state index contributed by atoms with van der Waals surface area (Å²) in [5.74, 6) is 1.69. The predicted octanol–water partition coefficient (Wildman–Crippen LogP) is 3.29. The average molecular weight is 373 g/mol. The monoisotopic (exact) mass is 372 g/mol. The van der Waals surface area contributed by atoms with Gasteiger partial charge >= 0.3 is 0 Å². The second-order valence-electron chi connectivity index (χ2n) is 5.91. The van der Waals surface area contributed by atoms with Crippen LogP contribution in [0.2, 0.25) is 5.02 Å². The van der Waals surface area contributed by atoms with Gasteiger partial charge in [0.25, 0.3) is 5.91 Å². The number of rotatable bonds is 6. The molecule has 0 aliphatic carbocycles. The Labute approximate surface area is 155 Å². The van der Waals surface area contributed by atoms with Crippen molar-refractivity contribution in [2.24, 2.45) is 0 Å². The average Bonchev–Trinajstić information content (AvgIpc) is 3.26. The third-order valence-electron chi connectivity index (χ3n) is 4.16. The summed E-state index contributed by atoms with van der Waals surface area (Å²) in [5, 5.41) is 4.62. The summed E-state index contributed by atoms with van der Waals surface area (Å²) < 4.78 is 16.0. The number of ether oxygens (including phenoxy) is 3. The third-order valence-corrected chi connectivity index (χ3v) is 4.40. The molecule has 0 bridgehead atoms. The number of hydrogen-bond acceptors (Lipinski definition) is 4. The molecule has 0 spiro atoms. The molecule has 1 aliphatic rings. The Bertz CT molecular complexity index is 954. The number of halogens is 1. The predicted molar refractivity (Wildman–Crippen MR) is 98.1 cm³/mol. The lowest BCUT2D eigenvalue weighted by molar-refractivity contribution is -0.123. The van der Waals surface area contributed by atoms with Crippen LogP contribution in [0.25, 0.3) is 10.9 Å². The van der Waals surface area contributed by atoms with E-state index >= 15 is 0 Å². The largest absolute Gasteiger partial charge is 0.484 e. The number of aromatic amines is 1. The van der Waals surface area contributed by atoms with E-state index in [1.54, 1.807) is 18.2 Å². The highest BCUT2D eigenvalue weighted by molar-refractivity contribution is 6.31. The lowest BCUT2D eigenvalue weighted by Crippen LogP contribution is -2.30. The van der Waals surface area contributed by atoms with Crippen molar-refractivity contribution in [1.82, 2.24) is 10.3 Å². The zero-order valence-corrected chi connectivity index (χ0v) is 14.6. The second kappa shape index (κ2) is 7.17. The van der Waals surface area contributed by atoms with Crippen molar-refractivity contribution < 1.29 is 19.0 Å². The molecule has 0 atom stereocenters. The Balaban J connectivity index is 1.27. The molecular formula is C19H17ClN2O4. The minimum absolute atomic E-state index is 0.0562. The normalized spacial score (nSPS) is 12.3. The number of hydrogen-bond donors (Lipinski definition) is 2. The Morgan fingerprint density at radius 1 is 1.19 bits per heavy atom. The van der Waals surface area contributed by atoms with E-state index < -0.39 is 0 Å². The third kappa shape index (κ3) is 3.55. The molecule has 1 aromatic heterocycles. The van der Waals surface area contributed by atoms with Crippen LogP contribution in [0.1, 0.15) is 5.56 Å². The van der Waals surface area contributed by atoms with Crippen LogP contribution in [0.5, 0.6) is 17.2 Å². The SMILES string of the molecule is O=C(COc1ccc2c(c1)OCO2)NCCc1c[nH]c2ccc(Cl)cc12. The van der Waals surface area contributed by atoms with Crippen LogP contribution in [0, 0.1) is 0 Å². The van der Waals surface area contributed by atoms with Crippen LogP contribution in [0.15, 0.2) is 42.6 Å². The smallest absolute Gasteiger partial charge is 0.257 e. The topological polar surface area (TPSA) is 72.6 Å². The zero-order chi connectivity index (χ0) is 17.9. The number of nitrogens with one attached hydrogen (secondary N) is 2. The van der Waals surface area contributed by atoms with Gasteiger partial charge in [-0.3, -0.25) is 4.79 Å². The molecule has 1 amide bonds. The number of H-pyrrole nitrogens is 1. The summed E-state index contributed by atoms with van der Waals surface area (Å²) in [6.45, 7) is 0.667. The van der Waals surface area contributed by atoms with Crippen molar-refractivity contribution in [2.45, 2.75) is 6.42 Å². The summed E-state index contributed by atoms with van der Waals surface area (Å²) in [6, 6.07) is 10.9. The molecule has 26 heavy (non-hydrogen) atoms. The fourth-order valence-corrected chi connectivity index (χ4v) is 3.03. The molecule has 134 valence electrons. The Morgan fingerprint density at radius 3 is 3.00 bits per heavy atom. The molecule has 2 heterocycles. The quantitative estimate of drug-likeness (QED) is 0.696. The lowest BCUT2D eigenvalue weighted by Gasteiger charge is -2.08. The molecule has 1 aliphatic heterocycles. The molecule has 0 radical (unpaired) electrons. The van der Waals surface area contributed by atoms with Gasteiger partial charge in [0.1, 0.15) is 5.75 Å². The van der Waals surface area contributed by atoms with Gasteiger partial charge in [-0.15, -0.1) is 0 Å². The minimum Gasteiger partial charge on any atom is -0.484 e. The summed E-state index contributed by atoms with van der Waals surface area (Å²) >= 11 is 6.05. The number of carbonyl (C=O) groups is 1. The van der Waals surface area contributed by atoms with E-state index in [1.807, 2.05) is 24.4 Å². The highest BCUT2D eigenvalue weighted by Crippen LogP contribution is 2.35. The number of fused-ring (bicyclic) bond motifs is 2. The lowest BCUT2D eigenvalue weighted by atomic mass is 10.1. The first kappa shape index (κ1) is 16.6. The van der Waals surface area contributed by atoms with E-state index in [9.17, 15) is 4.79 Å². The molecule has 6 nitrogen and oxygen atoms in total. The molecule has 3 aromatic rings. The Hall–Kier alpha value is -2.86. The van der Waals surface area contributed by atoms with E-state index in [2.05, 4.69) is 10.3 Å². The molecule has 2 N–H and O–H groups in total. The first-order valence-electron chi connectivity index (χ1n) is 8.24. The van der Waals surface area contributed by atoms with Gasteiger partial charge in [0.2, 0.25) is 6.79 Å². The number of aromatic nitrogens is 1. The van der Waals surface area contributed by atoms with Gasteiger partial charge in [-0.2, -0.15) is 0 Å². The van der Waals surface area contributed by atoms with E-state index in [-0.39, 0.29) is 19.3 Å². The molecule has 0 fully saturated rings. The molecular weight excluding hydrogens is 356 g/mol. The summed E-state index contributed by atoms with van der Waals surface area (Å²) in [6.07, 6.45) is 2.65. The molecule has 2 aromatic carbocycles. The van der Waals surface area contributed by atoms with E-state index in [1.165, 1.54) is 0 Å². The van der Waals surface area contributed by atoms with Crippen molar-refractivity contribution in [3.05, 3.63) is 53.2 Å². The van der Waals surface area contributed by atoms with Crippen molar-refractivity contribution in [3.8, 4) is 17.2 Å². The van der Waals surface area contributed by atoms with Gasteiger partial charge < -0.3 is 24.5 Å². The molecule has 7 heteroatoms. The maximum atomic E-state index is 12.0.